The molecule has 9 nitrogen and oxygen atoms in total. The lowest BCUT2D eigenvalue weighted by Gasteiger charge is -2.25. The highest BCUT2D eigenvalue weighted by molar-refractivity contribution is 5.85. The van der Waals surface area contributed by atoms with Gasteiger partial charge >= 0.3 is 5.96 Å². The molecule has 2 amide bonds. The van der Waals surface area contributed by atoms with Crippen LogP contribution in [0.15, 0.2) is 12.2 Å². The number of quaternary nitrogens is 1. The van der Waals surface area contributed by atoms with Crippen molar-refractivity contribution in [1.29, 1.82) is 0 Å². The molecule has 10 N–H and O–H groups in total. The fourth-order valence-electron chi connectivity index (χ4n) is 6.74. The summed E-state index contributed by atoms with van der Waals surface area (Å²) in [6.45, 7) is 6.75. The largest absolute Gasteiger partial charge is 0.667 e. The van der Waals surface area contributed by atoms with Crippen LogP contribution in [0.25, 0.3) is 5.73 Å². The predicted molar refractivity (Wildman–Crippen MR) is 223 cm³/mol. The van der Waals surface area contributed by atoms with E-state index in [4.69, 9.17) is 17.2 Å². The van der Waals surface area contributed by atoms with Gasteiger partial charge in [0.1, 0.15) is 0 Å². The molecule has 0 saturated heterocycles. The minimum absolute atomic E-state index is 0.0161. The zero-order valence-corrected chi connectivity index (χ0v) is 34.5. The van der Waals surface area contributed by atoms with Gasteiger partial charge in [0.15, 0.2) is 6.04 Å². The summed E-state index contributed by atoms with van der Waals surface area (Å²) < 4.78 is 0. The molecule has 0 aliphatic rings. The number of nitrogens with one attached hydrogen (secondary N) is 3. The average Bonchev–Trinajstić information content (AvgIpc) is 3.13. The SMILES string of the molecule is CCCCCCCC/C=C\CCCCCCCCN(CCCCCCCCCCCCCCCC)C(=O)C([NH3+])CNC(=O)C([NH-])CCC[NH+]=C(N)N. The Hall–Kier alpha value is -2.13. The first-order chi connectivity index (χ1) is 25.3. The molecule has 306 valence electrons. The number of allylic oxidation sites excluding steroid dienone is 2. The zero-order valence-electron chi connectivity index (χ0n) is 34.5. The van der Waals surface area contributed by atoms with Gasteiger partial charge in [-0.05, 0) is 44.9 Å². The van der Waals surface area contributed by atoms with Crippen molar-refractivity contribution in [2.75, 3.05) is 26.2 Å². The van der Waals surface area contributed by atoms with Crippen molar-refractivity contribution in [2.45, 2.75) is 219 Å². The molecule has 0 rings (SSSR count). The molecule has 0 aliphatic carbocycles. The average molecular weight is 735 g/mol. The molecule has 2 atom stereocenters. The maximum absolute atomic E-state index is 13.5. The molecule has 0 aromatic heterocycles. The van der Waals surface area contributed by atoms with E-state index in [0.29, 0.717) is 19.4 Å². The van der Waals surface area contributed by atoms with Crippen molar-refractivity contribution in [1.82, 2.24) is 10.2 Å². The van der Waals surface area contributed by atoms with Crippen molar-refractivity contribution in [3.05, 3.63) is 17.9 Å². The van der Waals surface area contributed by atoms with Gasteiger partial charge < -0.3 is 21.7 Å². The number of nitrogens with zero attached hydrogens (tertiary/aromatic N) is 1. The number of nitrogens with two attached hydrogens (primary N) is 2. The van der Waals surface area contributed by atoms with E-state index in [2.05, 4.69) is 42.0 Å². The molecule has 0 saturated carbocycles. The Morgan fingerprint density at radius 1 is 0.635 bits per heavy atom. The molecule has 2 unspecified atom stereocenters. The van der Waals surface area contributed by atoms with Gasteiger partial charge in [0.25, 0.3) is 5.91 Å². The molecular weight excluding hydrogens is 647 g/mol. The van der Waals surface area contributed by atoms with Crippen molar-refractivity contribution < 1.29 is 20.3 Å². The summed E-state index contributed by atoms with van der Waals surface area (Å²) in [5, 5.41) is 2.80. The van der Waals surface area contributed by atoms with Crippen LogP contribution in [0.5, 0.6) is 0 Å². The van der Waals surface area contributed by atoms with Crippen LogP contribution in [0.4, 0.5) is 0 Å². The zero-order chi connectivity index (χ0) is 38.3. The number of unbranched alkanes of at least 4 members (excludes halogenated alkanes) is 25. The van der Waals surface area contributed by atoms with Gasteiger partial charge in [-0.15, -0.1) is 0 Å². The van der Waals surface area contributed by atoms with E-state index in [0.717, 1.165) is 38.8 Å². The molecule has 0 fully saturated rings. The first-order valence-corrected chi connectivity index (χ1v) is 22.2. The van der Waals surface area contributed by atoms with E-state index < -0.39 is 12.1 Å². The van der Waals surface area contributed by atoms with Gasteiger partial charge in [0, 0.05) is 13.1 Å². The van der Waals surface area contributed by atoms with E-state index in [1.807, 2.05) is 4.90 Å². The second kappa shape index (κ2) is 38.6. The van der Waals surface area contributed by atoms with Gasteiger partial charge in [0.05, 0.1) is 13.1 Å². The fourth-order valence-corrected chi connectivity index (χ4v) is 6.74. The molecule has 9 heteroatoms. The third-order valence-corrected chi connectivity index (χ3v) is 10.2. The third-order valence-electron chi connectivity index (χ3n) is 10.2. The van der Waals surface area contributed by atoms with Crippen LogP contribution in [-0.4, -0.2) is 60.9 Å². The molecule has 52 heavy (non-hydrogen) atoms. The lowest BCUT2D eigenvalue weighted by molar-refractivity contribution is -0.459. The second-order valence-electron chi connectivity index (χ2n) is 15.4. The maximum atomic E-state index is 13.5. The second-order valence-corrected chi connectivity index (χ2v) is 15.4. The Balaban J connectivity index is 4.44. The number of rotatable bonds is 39. The number of amides is 2. The van der Waals surface area contributed by atoms with Crippen LogP contribution in [0.1, 0.15) is 206 Å². The Kier molecular flexibility index (Phi) is 37.0. The summed E-state index contributed by atoms with van der Waals surface area (Å²) in [4.78, 5) is 30.8. The van der Waals surface area contributed by atoms with E-state index in [1.54, 1.807) is 0 Å². The first-order valence-electron chi connectivity index (χ1n) is 22.2. The Labute approximate surface area is 321 Å². The molecule has 0 aromatic rings. The van der Waals surface area contributed by atoms with Crippen molar-refractivity contribution >= 4 is 17.8 Å². The van der Waals surface area contributed by atoms with E-state index in [-0.39, 0.29) is 24.3 Å². The van der Waals surface area contributed by atoms with Crippen LogP contribution in [0, 0.1) is 0 Å². The summed E-state index contributed by atoms with van der Waals surface area (Å²) >= 11 is 0. The van der Waals surface area contributed by atoms with Crippen LogP contribution >= 0.6 is 0 Å². The Bertz CT molecular complexity index is 862. The number of carbonyl (C=O) groups is 2. The van der Waals surface area contributed by atoms with Gasteiger partial charge in [0.2, 0.25) is 5.91 Å². The lowest BCUT2D eigenvalue weighted by Crippen LogP contribution is -2.78. The minimum Gasteiger partial charge on any atom is -0.667 e. The highest BCUT2D eigenvalue weighted by Gasteiger charge is 2.24. The van der Waals surface area contributed by atoms with Crippen molar-refractivity contribution in [2.24, 2.45) is 11.5 Å². The lowest BCUT2D eigenvalue weighted by atomic mass is 10.0. The number of carbonyl (C=O) groups excluding carboxylic acids is 2. The quantitative estimate of drug-likeness (QED) is 0.0190. The van der Waals surface area contributed by atoms with Gasteiger partial charge in [-0.1, -0.05) is 180 Å². The number of hydrogen-bond donors (Lipinski definition) is 5. The number of hydrogen-bond acceptors (Lipinski definition) is 2. The fraction of sp³-hybridized carbons (Fsp3) is 0.884. The van der Waals surface area contributed by atoms with Crippen molar-refractivity contribution in [3.63, 3.8) is 0 Å². The molecular formula is C43H88N7O2+. The first kappa shape index (κ1) is 49.9. The molecule has 0 aliphatic heterocycles. The van der Waals surface area contributed by atoms with Crippen LogP contribution < -0.4 is 27.5 Å². The predicted octanol–water partition coefficient (Wildman–Crippen LogP) is 7.62. The normalized spacial score (nSPS) is 12.6. The number of guanidine groups is 1. The van der Waals surface area contributed by atoms with Crippen LogP contribution in [0.2, 0.25) is 0 Å². The highest BCUT2D eigenvalue weighted by Crippen LogP contribution is 2.14. The van der Waals surface area contributed by atoms with E-state index in [9.17, 15) is 9.59 Å². The molecule has 0 radical (unpaired) electrons. The van der Waals surface area contributed by atoms with E-state index >= 15 is 0 Å². The van der Waals surface area contributed by atoms with Gasteiger partial charge in [-0.25, -0.2) is 0 Å². The highest BCUT2D eigenvalue weighted by atomic mass is 16.2. The summed E-state index contributed by atoms with van der Waals surface area (Å²) in [5.74, 6) is -0.208. The van der Waals surface area contributed by atoms with E-state index in [1.165, 1.54) is 154 Å². The summed E-state index contributed by atoms with van der Waals surface area (Å²) in [6.07, 6.45) is 41.9. The molecule has 0 heterocycles. The van der Waals surface area contributed by atoms with Crippen LogP contribution in [0.3, 0.4) is 0 Å². The Morgan fingerprint density at radius 2 is 1.02 bits per heavy atom. The topological polar surface area (TPSA) is 167 Å². The molecule has 0 aromatic carbocycles. The van der Waals surface area contributed by atoms with Gasteiger partial charge in [-0.3, -0.25) is 26.0 Å². The van der Waals surface area contributed by atoms with Gasteiger partial charge in [-0.2, -0.15) is 0 Å². The Morgan fingerprint density at radius 3 is 1.42 bits per heavy atom. The summed E-state index contributed by atoms with van der Waals surface area (Å²) in [7, 11) is 0. The molecule has 0 bridgehead atoms. The maximum Gasteiger partial charge on any atom is 0.338 e. The monoisotopic (exact) mass is 735 g/mol. The van der Waals surface area contributed by atoms with Crippen LogP contribution in [-0.2, 0) is 9.59 Å². The standard InChI is InChI=1S/C43H86N7O2/c1-3-5-7-9-11-13-15-17-19-20-22-24-26-28-30-32-37-50(36-31-29-27-25-23-21-18-16-14-12-10-8-6-4-2)42(52)40(45)38-49-41(51)39(44)34-33-35-48-43(46)47/h17,19,39-40,44H,3-16,18,20-38,45H2,1-2H3,(H,49,51)(H4,46,47,48)/q-1/p+2/b19-17-. The summed E-state index contributed by atoms with van der Waals surface area (Å²) in [5.41, 5.74) is 23.1. The molecule has 0 spiro atoms. The van der Waals surface area contributed by atoms with Crippen molar-refractivity contribution in [3.8, 4) is 0 Å². The summed E-state index contributed by atoms with van der Waals surface area (Å²) in [6, 6.07) is -1.44. The third kappa shape index (κ3) is 33.7. The minimum atomic E-state index is -0.893. The smallest absolute Gasteiger partial charge is 0.338 e.